The Kier molecular flexibility index (Phi) is 8.19. The number of carbonyl (C=O) groups excluding carboxylic acids is 1. The molecule has 9 heteroatoms. The summed E-state index contributed by atoms with van der Waals surface area (Å²) in [5, 5.41) is 4.49. The van der Waals surface area contributed by atoms with Crippen LogP contribution in [0, 0.1) is 12.3 Å². The Morgan fingerprint density at radius 2 is 1.86 bits per heavy atom. The molecule has 1 N–H and O–H groups in total. The molecule has 0 aliphatic heterocycles. The van der Waals surface area contributed by atoms with Crippen LogP contribution in [0.1, 0.15) is 56.3 Å². The number of aryl methyl sites for hydroxylation is 1. The molecule has 2 aromatic carbocycles. The van der Waals surface area contributed by atoms with Crippen molar-refractivity contribution in [2.45, 2.75) is 53.0 Å². The maximum Gasteiger partial charge on any atom is 0.374 e. The first-order chi connectivity index (χ1) is 16.4. The van der Waals surface area contributed by atoms with Gasteiger partial charge in [0.1, 0.15) is 5.58 Å². The van der Waals surface area contributed by atoms with Gasteiger partial charge in [0.15, 0.2) is 0 Å². The van der Waals surface area contributed by atoms with Crippen molar-refractivity contribution < 1.29 is 22.4 Å². The minimum Gasteiger partial charge on any atom is -0.460 e. The van der Waals surface area contributed by atoms with Crippen molar-refractivity contribution in [1.29, 1.82) is 0 Å². The number of halogens is 1. The predicted octanol–water partition coefficient (Wildman–Crippen LogP) is 5.92. The first-order valence-corrected chi connectivity index (χ1v) is 13.4. The molecule has 3 rings (SSSR count). The van der Waals surface area contributed by atoms with E-state index in [1.54, 1.807) is 51.1 Å². The number of fused-ring (bicyclic) bond motifs is 1. The second-order valence-electron chi connectivity index (χ2n) is 9.54. The molecule has 0 radical (unpaired) electrons. The Bertz CT molecular complexity index is 1330. The smallest absolute Gasteiger partial charge is 0.374 e. The number of sulfonamides is 1. The summed E-state index contributed by atoms with van der Waals surface area (Å²) in [7, 11) is -3.92. The molecule has 0 aliphatic rings. The molecule has 0 atom stereocenters. The Balaban J connectivity index is 2.02. The molecular weight excluding hydrogens is 488 g/mol. The van der Waals surface area contributed by atoms with Crippen LogP contribution in [0.25, 0.3) is 11.0 Å². The van der Waals surface area contributed by atoms with Crippen LogP contribution in [0.2, 0.25) is 5.02 Å². The third kappa shape index (κ3) is 6.00. The third-order valence-corrected chi connectivity index (χ3v) is 7.64. The molecule has 7 nitrogen and oxygen atoms in total. The molecule has 0 amide bonds. The number of rotatable bonds is 9. The van der Waals surface area contributed by atoms with Gasteiger partial charge in [-0.2, -0.15) is 0 Å². The van der Waals surface area contributed by atoms with Crippen LogP contribution in [0.4, 0.5) is 5.69 Å². The molecule has 0 saturated carbocycles. The standard InChI is InChI=1S/C26H33ClN2O5S/c1-7-29(22-11-9-19(27)13-18(22)15-28-16-26(4,5)6)35(31,32)20-10-12-23-21(14-20)17(3)24(34-23)25(30)33-8-2/h9-14,28H,7-8,15-16H2,1-6H3. The first kappa shape index (κ1) is 27.0. The number of ether oxygens (including phenoxy) is 1. The van der Waals surface area contributed by atoms with E-state index in [-0.39, 0.29) is 29.2 Å². The summed E-state index contributed by atoms with van der Waals surface area (Å²) in [5.74, 6) is -0.497. The second kappa shape index (κ2) is 10.6. The van der Waals surface area contributed by atoms with Gasteiger partial charge in [0.25, 0.3) is 10.0 Å². The van der Waals surface area contributed by atoms with Gasteiger partial charge in [0.05, 0.1) is 17.2 Å². The Morgan fingerprint density at radius 3 is 2.49 bits per heavy atom. The molecule has 1 heterocycles. The SMILES string of the molecule is CCOC(=O)c1oc2ccc(S(=O)(=O)N(CC)c3ccc(Cl)cc3CNCC(C)(C)C)cc2c1C. The summed E-state index contributed by atoms with van der Waals surface area (Å²) < 4.78 is 39.6. The molecule has 190 valence electrons. The van der Waals surface area contributed by atoms with E-state index in [1.165, 1.54) is 10.4 Å². The normalized spacial score (nSPS) is 12.2. The third-order valence-electron chi connectivity index (χ3n) is 5.52. The molecule has 0 aliphatic carbocycles. The van der Waals surface area contributed by atoms with Crippen LogP contribution in [0.15, 0.2) is 45.7 Å². The highest BCUT2D eigenvalue weighted by atomic mass is 35.5. The van der Waals surface area contributed by atoms with Gasteiger partial charge < -0.3 is 14.5 Å². The van der Waals surface area contributed by atoms with E-state index in [0.29, 0.717) is 33.8 Å². The van der Waals surface area contributed by atoms with Crippen molar-refractivity contribution in [3.05, 3.63) is 58.3 Å². The summed E-state index contributed by atoms with van der Waals surface area (Å²) in [6.45, 7) is 13.3. The number of esters is 1. The summed E-state index contributed by atoms with van der Waals surface area (Å²) >= 11 is 6.25. The highest BCUT2D eigenvalue weighted by Crippen LogP contribution is 2.33. The van der Waals surface area contributed by atoms with Gasteiger partial charge in [-0.3, -0.25) is 4.31 Å². The van der Waals surface area contributed by atoms with Crippen LogP contribution in [0.5, 0.6) is 0 Å². The van der Waals surface area contributed by atoms with E-state index < -0.39 is 16.0 Å². The zero-order valence-electron chi connectivity index (χ0n) is 21.1. The number of furan rings is 1. The summed E-state index contributed by atoms with van der Waals surface area (Å²) in [4.78, 5) is 12.3. The van der Waals surface area contributed by atoms with Gasteiger partial charge in [-0.05, 0) is 68.1 Å². The molecular formula is C26H33ClN2O5S. The summed E-state index contributed by atoms with van der Waals surface area (Å²) in [6, 6.07) is 9.82. The Hall–Kier alpha value is -2.55. The van der Waals surface area contributed by atoms with Crippen molar-refractivity contribution >= 4 is 44.3 Å². The van der Waals surface area contributed by atoms with E-state index in [0.717, 1.165) is 12.1 Å². The van der Waals surface area contributed by atoms with E-state index >= 15 is 0 Å². The first-order valence-electron chi connectivity index (χ1n) is 11.6. The minimum absolute atomic E-state index is 0.0775. The quantitative estimate of drug-likeness (QED) is 0.352. The number of nitrogens with one attached hydrogen (secondary N) is 1. The minimum atomic E-state index is -3.92. The number of benzene rings is 2. The van der Waals surface area contributed by atoms with E-state index in [1.807, 2.05) is 0 Å². The van der Waals surface area contributed by atoms with Gasteiger partial charge >= 0.3 is 5.97 Å². The zero-order chi connectivity index (χ0) is 26.0. The molecule has 0 unspecified atom stereocenters. The maximum atomic E-state index is 13.8. The average molecular weight is 521 g/mol. The van der Waals surface area contributed by atoms with E-state index in [4.69, 9.17) is 20.8 Å². The monoisotopic (exact) mass is 520 g/mol. The van der Waals surface area contributed by atoms with Crippen LogP contribution in [0.3, 0.4) is 0 Å². The maximum absolute atomic E-state index is 13.8. The molecule has 0 bridgehead atoms. The fraction of sp³-hybridized carbons (Fsp3) is 0.423. The van der Waals surface area contributed by atoms with Gasteiger partial charge in [-0.1, -0.05) is 32.4 Å². The Labute approximate surface area is 212 Å². The fourth-order valence-corrected chi connectivity index (χ4v) is 5.59. The van der Waals surface area contributed by atoms with Crippen molar-refractivity contribution in [1.82, 2.24) is 5.32 Å². The number of anilines is 1. The largest absolute Gasteiger partial charge is 0.460 e. The van der Waals surface area contributed by atoms with Gasteiger partial charge in [-0.15, -0.1) is 0 Å². The highest BCUT2D eigenvalue weighted by molar-refractivity contribution is 7.92. The van der Waals surface area contributed by atoms with Gasteiger partial charge in [-0.25, -0.2) is 13.2 Å². The van der Waals surface area contributed by atoms with Crippen LogP contribution in [-0.4, -0.2) is 34.1 Å². The molecule has 0 fully saturated rings. The predicted molar refractivity (Wildman–Crippen MR) is 140 cm³/mol. The molecule has 0 saturated heterocycles. The fourth-order valence-electron chi connectivity index (χ4n) is 3.86. The average Bonchev–Trinajstić information content (AvgIpc) is 3.11. The lowest BCUT2D eigenvalue weighted by molar-refractivity contribution is 0.0491. The lowest BCUT2D eigenvalue weighted by atomic mass is 9.97. The zero-order valence-corrected chi connectivity index (χ0v) is 22.6. The van der Waals surface area contributed by atoms with Gasteiger partial charge in [0, 0.05) is 35.6 Å². The molecule has 0 spiro atoms. The van der Waals surface area contributed by atoms with Crippen molar-refractivity contribution in [2.24, 2.45) is 5.41 Å². The molecule has 35 heavy (non-hydrogen) atoms. The number of hydrogen-bond donors (Lipinski definition) is 1. The summed E-state index contributed by atoms with van der Waals surface area (Å²) in [6.07, 6.45) is 0. The van der Waals surface area contributed by atoms with E-state index in [2.05, 4.69) is 26.1 Å². The van der Waals surface area contributed by atoms with Crippen LogP contribution < -0.4 is 9.62 Å². The molecule has 3 aromatic rings. The highest BCUT2D eigenvalue weighted by Gasteiger charge is 2.28. The lowest BCUT2D eigenvalue weighted by Crippen LogP contribution is -2.33. The van der Waals surface area contributed by atoms with Crippen molar-refractivity contribution in [2.75, 3.05) is 24.0 Å². The topological polar surface area (TPSA) is 88.8 Å². The van der Waals surface area contributed by atoms with Crippen molar-refractivity contribution in [3.63, 3.8) is 0 Å². The number of carbonyl (C=O) groups is 1. The number of hydrogen-bond acceptors (Lipinski definition) is 6. The van der Waals surface area contributed by atoms with Crippen LogP contribution >= 0.6 is 11.6 Å². The lowest BCUT2D eigenvalue weighted by Gasteiger charge is -2.26. The van der Waals surface area contributed by atoms with Crippen molar-refractivity contribution in [3.8, 4) is 0 Å². The second-order valence-corrected chi connectivity index (χ2v) is 11.8. The van der Waals surface area contributed by atoms with Crippen LogP contribution in [-0.2, 0) is 21.3 Å². The molecule has 1 aromatic heterocycles. The Morgan fingerprint density at radius 1 is 1.14 bits per heavy atom. The van der Waals surface area contributed by atoms with E-state index in [9.17, 15) is 13.2 Å². The van der Waals surface area contributed by atoms with Gasteiger partial charge in [0.2, 0.25) is 5.76 Å². The number of nitrogens with zero attached hydrogens (tertiary/aromatic N) is 1. The summed E-state index contributed by atoms with van der Waals surface area (Å²) in [5.41, 5.74) is 2.39.